The Labute approximate surface area is 184 Å². The number of nitrogens with one attached hydrogen (secondary N) is 1. The van der Waals surface area contributed by atoms with Crippen molar-refractivity contribution in [3.8, 4) is 0 Å². The molecule has 0 radical (unpaired) electrons. The number of pyridine rings is 1. The summed E-state index contributed by atoms with van der Waals surface area (Å²) in [5.74, 6) is 0.952. The van der Waals surface area contributed by atoms with Crippen molar-refractivity contribution in [2.75, 3.05) is 36.4 Å². The molecule has 2 unspecified atom stereocenters. The number of carbonyl (C=O) groups is 2. The molecule has 0 saturated carbocycles. The number of rotatable bonds is 4. The van der Waals surface area contributed by atoms with Crippen LogP contribution in [0.15, 0.2) is 41.3 Å². The Morgan fingerprint density at radius 1 is 1.00 bits per heavy atom. The van der Waals surface area contributed by atoms with Crippen molar-refractivity contribution in [3.63, 3.8) is 0 Å². The van der Waals surface area contributed by atoms with Crippen LogP contribution < -0.4 is 10.2 Å². The maximum Gasteiger partial charge on any atom is 0.230 e. The van der Waals surface area contributed by atoms with Gasteiger partial charge in [0.1, 0.15) is 5.82 Å². The maximum atomic E-state index is 13.2. The van der Waals surface area contributed by atoms with Crippen molar-refractivity contribution < 1.29 is 9.59 Å². The van der Waals surface area contributed by atoms with E-state index >= 15 is 0 Å². The quantitative estimate of drug-likeness (QED) is 0.735. The number of halogens is 1. The first-order chi connectivity index (χ1) is 14.6. The number of amides is 2. The molecule has 2 aliphatic heterocycles. The largest absolute Gasteiger partial charge is 0.342 e. The molecule has 4 rings (SSSR count). The molecule has 9 heteroatoms. The number of hydrogen-bond acceptors (Lipinski definition) is 6. The highest BCUT2D eigenvalue weighted by Gasteiger charge is 2.34. The van der Waals surface area contributed by atoms with E-state index in [0.717, 1.165) is 36.7 Å². The molecule has 158 valence electrons. The van der Waals surface area contributed by atoms with Gasteiger partial charge in [-0.25, -0.2) is 15.0 Å². The van der Waals surface area contributed by atoms with Crippen LogP contribution in [0.5, 0.6) is 0 Å². The van der Waals surface area contributed by atoms with Crippen LogP contribution in [0.2, 0.25) is 0 Å². The lowest BCUT2D eigenvalue weighted by Gasteiger charge is -2.38. The van der Waals surface area contributed by atoms with Gasteiger partial charge in [0.05, 0.1) is 11.8 Å². The van der Waals surface area contributed by atoms with E-state index in [4.69, 9.17) is 0 Å². The fraction of sp³-hybridized carbons (Fsp3) is 0.476. The standard InChI is InChI=1S/C21H25BrN6O2/c22-17-6-7-18(25-12-17)26-19(29)15-4-1-10-27(13-15)20(30)16-5-2-11-28(14-16)21-23-8-3-9-24-21/h3,6-9,12,15-16H,1-2,4-5,10-11,13-14H2,(H,25,26,29). The second kappa shape index (κ2) is 9.51. The summed E-state index contributed by atoms with van der Waals surface area (Å²) < 4.78 is 0.859. The Morgan fingerprint density at radius 3 is 2.53 bits per heavy atom. The van der Waals surface area contributed by atoms with Crippen LogP contribution in [0.3, 0.4) is 0 Å². The molecule has 2 aliphatic rings. The van der Waals surface area contributed by atoms with Crippen LogP contribution >= 0.6 is 15.9 Å². The molecular formula is C21H25BrN6O2. The average molecular weight is 473 g/mol. The summed E-state index contributed by atoms with van der Waals surface area (Å²) >= 11 is 3.34. The van der Waals surface area contributed by atoms with Gasteiger partial charge >= 0.3 is 0 Å². The molecule has 2 aromatic heterocycles. The van der Waals surface area contributed by atoms with Gasteiger partial charge in [-0.1, -0.05) is 0 Å². The SMILES string of the molecule is O=C(Nc1ccc(Br)cn1)C1CCCN(C(=O)C2CCCN(c3ncccn3)C2)C1. The average Bonchev–Trinajstić information content (AvgIpc) is 2.81. The van der Waals surface area contributed by atoms with Crippen LogP contribution in [0.4, 0.5) is 11.8 Å². The predicted molar refractivity (Wildman–Crippen MR) is 117 cm³/mol. The van der Waals surface area contributed by atoms with E-state index in [2.05, 4.69) is 41.1 Å². The van der Waals surface area contributed by atoms with Crippen LogP contribution in [0.1, 0.15) is 25.7 Å². The molecule has 1 N–H and O–H groups in total. The smallest absolute Gasteiger partial charge is 0.230 e. The second-order valence-electron chi connectivity index (χ2n) is 7.81. The van der Waals surface area contributed by atoms with Crippen molar-refractivity contribution in [2.24, 2.45) is 11.8 Å². The Morgan fingerprint density at radius 2 is 1.77 bits per heavy atom. The summed E-state index contributed by atoms with van der Waals surface area (Å²) in [6.07, 6.45) is 8.50. The number of hydrogen-bond donors (Lipinski definition) is 1. The van der Waals surface area contributed by atoms with Gasteiger partial charge < -0.3 is 15.1 Å². The Kier molecular flexibility index (Phi) is 6.56. The molecule has 4 heterocycles. The van der Waals surface area contributed by atoms with Gasteiger partial charge in [-0.3, -0.25) is 9.59 Å². The molecular weight excluding hydrogens is 448 g/mol. The zero-order chi connectivity index (χ0) is 20.9. The lowest BCUT2D eigenvalue weighted by Crippen LogP contribution is -2.49. The third-order valence-corrected chi connectivity index (χ3v) is 6.16. The minimum absolute atomic E-state index is 0.0784. The molecule has 2 amide bonds. The Balaban J connectivity index is 1.36. The molecule has 0 aromatic carbocycles. The molecule has 0 aliphatic carbocycles. The first-order valence-corrected chi connectivity index (χ1v) is 11.1. The lowest BCUT2D eigenvalue weighted by molar-refractivity contribution is -0.138. The monoisotopic (exact) mass is 472 g/mol. The van der Waals surface area contributed by atoms with Gasteiger partial charge in [0.25, 0.3) is 0 Å². The lowest BCUT2D eigenvalue weighted by atomic mass is 9.92. The fourth-order valence-electron chi connectivity index (χ4n) is 4.14. The van der Waals surface area contributed by atoms with Gasteiger partial charge in [0, 0.05) is 49.2 Å². The fourth-order valence-corrected chi connectivity index (χ4v) is 4.38. The van der Waals surface area contributed by atoms with E-state index < -0.39 is 0 Å². The zero-order valence-electron chi connectivity index (χ0n) is 16.7. The number of aromatic nitrogens is 3. The third-order valence-electron chi connectivity index (χ3n) is 5.69. The van der Waals surface area contributed by atoms with E-state index in [1.54, 1.807) is 30.7 Å². The van der Waals surface area contributed by atoms with Crippen molar-refractivity contribution in [3.05, 3.63) is 41.3 Å². The molecule has 0 bridgehead atoms. The molecule has 30 heavy (non-hydrogen) atoms. The summed E-state index contributed by atoms with van der Waals surface area (Å²) in [6, 6.07) is 5.39. The van der Waals surface area contributed by atoms with E-state index in [9.17, 15) is 9.59 Å². The number of nitrogens with zero attached hydrogens (tertiary/aromatic N) is 5. The van der Waals surface area contributed by atoms with Crippen molar-refractivity contribution >= 4 is 39.5 Å². The van der Waals surface area contributed by atoms with Crippen molar-refractivity contribution in [2.45, 2.75) is 25.7 Å². The van der Waals surface area contributed by atoms with Gasteiger partial charge in [-0.05, 0) is 59.8 Å². The van der Waals surface area contributed by atoms with E-state index in [1.165, 1.54) is 0 Å². The molecule has 0 spiro atoms. The Hall–Kier alpha value is -2.55. The second-order valence-corrected chi connectivity index (χ2v) is 8.72. The number of carbonyl (C=O) groups excluding carboxylic acids is 2. The van der Waals surface area contributed by atoms with Crippen LogP contribution in [0, 0.1) is 11.8 Å². The Bertz CT molecular complexity index is 879. The normalized spacial score (nSPS) is 21.9. The summed E-state index contributed by atoms with van der Waals surface area (Å²) in [6.45, 7) is 2.65. The summed E-state index contributed by atoms with van der Waals surface area (Å²) in [7, 11) is 0. The molecule has 8 nitrogen and oxygen atoms in total. The number of piperidine rings is 2. The highest BCUT2D eigenvalue weighted by Crippen LogP contribution is 2.25. The van der Waals surface area contributed by atoms with Crippen LogP contribution in [0.25, 0.3) is 0 Å². The van der Waals surface area contributed by atoms with Gasteiger partial charge in [0.2, 0.25) is 17.8 Å². The first kappa shape index (κ1) is 20.7. The number of likely N-dealkylation sites (tertiary alicyclic amines) is 1. The summed E-state index contributed by atoms with van der Waals surface area (Å²) in [5.41, 5.74) is 0. The molecule has 2 fully saturated rings. The molecule has 2 aromatic rings. The van der Waals surface area contributed by atoms with Crippen molar-refractivity contribution in [1.82, 2.24) is 19.9 Å². The molecule has 2 saturated heterocycles. The zero-order valence-corrected chi connectivity index (χ0v) is 18.3. The maximum absolute atomic E-state index is 13.2. The van der Waals surface area contributed by atoms with Crippen LogP contribution in [-0.2, 0) is 9.59 Å². The number of anilines is 2. The predicted octanol–water partition coefficient (Wildman–Crippen LogP) is 2.73. The topological polar surface area (TPSA) is 91.3 Å². The van der Waals surface area contributed by atoms with E-state index in [0.29, 0.717) is 31.4 Å². The minimum Gasteiger partial charge on any atom is -0.342 e. The third kappa shape index (κ3) is 4.95. The molecule has 2 atom stereocenters. The van der Waals surface area contributed by atoms with Crippen LogP contribution in [-0.4, -0.2) is 57.8 Å². The minimum atomic E-state index is -0.217. The van der Waals surface area contributed by atoms with Crippen molar-refractivity contribution in [1.29, 1.82) is 0 Å². The highest BCUT2D eigenvalue weighted by atomic mass is 79.9. The van der Waals surface area contributed by atoms with Gasteiger partial charge in [-0.2, -0.15) is 0 Å². The van der Waals surface area contributed by atoms with Gasteiger partial charge in [0.15, 0.2) is 0 Å². The highest BCUT2D eigenvalue weighted by molar-refractivity contribution is 9.10. The summed E-state index contributed by atoms with van der Waals surface area (Å²) in [4.78, 5) is 42.7. The van der Waals surface area contributed by atoms with Gasteiger partial charge in [-0.15, -0.1) is 0 Å². The summed E-state index contributed by atoms with van der Waals surface area (Å²) in [5, 5.41) is 2.87. The van der Waals surface area contributed by atoms with E-state index in [1.807, 2.05) is 11.0 Å². The first-order valence-electron chi connectivity index (χ1n) is 10.3. The van der Waals surface area contributed by atoms with E-state index in [-0.39, 0.29) is 23.7 Å².